The van der Waals surface area contributed by atoms with Gasteiger partial charge < -0.3 is 10.1 Å². The first-order valence-electron chi connectivity index (χ1n) is 9.07. The molecule has 10 nitrogen and oxygen atoms in total. The number of hydrogen-bond donors (Lipinski definition) is 1. The van der Waals surface area contributed by atoms with Gasteiger partial charge in [-0.3, -0.25) is 9.36 Å². The number of hydrogen-bond acceptors (Lipinski definition) is 8. The number of carbonyl (C=O) groups excluding carboxylic acids is 1. The van der Waals surface area contributed by atoms with Crippen LogP contribution in [-0.4, -0.2) is 53.7 Å². The summed E-state index contributed by atoms with van der Waals surface area (Å²) < 4.78 is 22.6. The van der Waals surface area contributed by atoms with E-state index in [0.717, 1.165) is 11.4 Å². The zero-order chi connectivity index (χ0) is 21.8. The Morgan fingerprint density at radius 1 is 1.16 bits per heavy atom. The lowest BCUT2D eigenvalue weighted by molar-refractivity contribution is -0.113. The van der Waals surface area contributed by atoms with Crippen LogP contribution in [0.1, 0.15) is 5.82 Å². The molecule has 1 N–H and O–H groups in total. The largest absolute Gasteiger partial charge is 0.497 e. The molecule has 2 aromatic carbocycles. The number of ether oxygens (including phenoxy) is 1. The Balaban J connectivity index is 1.44. The number of nitrogens with zero attached hydrogens (tertiary/aromatic N) is 7. The van der Waals surface area contributed by atoms with Gasteiger partial charge in [-0.15, -0.1) is 15.3 Å². The van der Waals surface area contributed by atoms with Gasteiger partial charge in [0.1, 0.15) is 17.9 Å². The number of benzene rings is 2. The molecular weight excluding hydrogens is 423 g/mol. The van der Waals surface area contributed by atoms with Gasteiger partial charge >= 0.3 is 0 Å². The number of thioether (sulfide) groups is 1. The minimum absolute atomic E-state index is 0.0163. The van der Waals surface area contributed by atoms with Crippen LogP contribution in [0.25, 0.3) is 11.4 Å². The van der Waals surface area contributed by atoms with Gasteiger partial charge in [0.25, 0.3) is 0 Å². The van der Waals surface area contributed by atoms with Crippen molar-refractivity contribution in [3.8, 4) is 17.1 Å². The fraction of sp³-hybridized carbons (Fsp3) is 0.158. The Labute approximate surface area is 180 Å². The van der Waals surface area contributed by atoms with E-state index in [1.807, 2.05) is 24.3 Å². The van der Waals surface area contributed by atoms with Crippen molar-refractivity contribution < 1.29 is 13.9 Å². The summed E-state index contributed by atoms with van der Waals surface area (Å²) in [4.78, 5) is 12.4. The van der Waals surface area contributed by atoms with Gasteiger partial charge in [0.05, 0.1) is 24.2 Å². The maximum atomic E-state index is 14.2. The zero-order valence-corrected chi connectivity index (χ0v) is 17.4. The molecule has 0 fully saturated rings. The second-order valence-electron chi connectivity index (χ2n) is 6.32. The van der Waals surface area contributed by atoms with E-state index < -0.39 is 11.7 Å². The lowest BCUT2D eigenvalue weighted by Gasteiger charge is -2.10. The van der Waals surface area contributed by atoms with Crippen LogP contribution in [0, 0.1) is 12.7 Å². The van der Waals surface area contributed by atoms with Crippen molar-refractivity contribution in [1.29, 1.82) is 0 Å². The van der Waals surface area contributed by atoms with Crippen molar-refractivity contribution in [2.75, 3.05) is 18.2 Å². The molecule has 0 saturated heterocycles. The molecule has 0 atom stereocenters. The van der Waals surface area contributed by atoms with E-state index in [1.54, 1.807) is 24.9 Å². The van der Waals surface area contributed by atoms with Crippen molar-refractivity contribution in [2.24, 2.45) is 0 Å². The summed E-state index contributed by atoms with van der Waals surface area (Å²) in [6, 6.07) is 11.6. The van der Waals surface area contributed by atoms with Crippen LogP contribution in [-0.2, 0) is 4.79 Å². The van der Waals surface area contributed by atoms with Crippen molar-refractivity contribution >= 4 is 23.4 Å². The average molecular weight is 440 g/mol. The van der Waals surface area contributed by atoms with Gasteiger partial charge in [-0.25, -0.2) is 4.39 Å². The lowest BCUT2D eigenvalue weighted by atomic mass is 10.2. The van der Waals surface area contributed by atoms with Crippen molar-refractivity contribution in [3.05, 3.63) is 60.4 Å². The van der Waals surface area contributed by atoms with Crippen LogP contribution in [0.5, 0.6) is 5.75 Å². The highest BCUT2D eigenvalue weighted by molar-refractivity contribution is 7.99. The van der Waals surface area contributed by atoms with E-state index in [0.29, 0.717) is 16.7 Å². The molecule has 0 aliphatic carbocycles. The first kappa shape index (κ1) is 20.5. The Morgan fingerprint density at radius 3 is 2.65 bits per heavy atom. The zero-order valence-electron chi connectivity index (χ0n) is 16.6. The fourth-order valence-corrected chi connectivity index (χ4v) is 3.50. The normalized spacial score (nSPS) is 10.8. The van der Waals surface area contributed by atoms with E-state index >= 15 is 0 Å². The summed E-state index contributed by atoms with van der Waals surface area (Å²) >= 11 is 1.18. The highest BCUT2D eigenvalue weighted by Gasteiger charge is 2.14. The minimum atomic E-state index is -0.561. The highest BCUT2D eigenvalue weighted by atomic mass is 32.2. The van der Waals surface area contributed by atoms with Crippen LogP contribution < -0.4 is 10.1 Å². The molecule has 12 heteroatoms. The minimum Gasteiger partial charge on any atom is -0.497 e. The van der Waals surface area contributed by atoms with Crippen LogP contribution in [0.4, 0.5) is 10.1 Å². The van der Waals surface area contributed by atoms with Crippen molar-refractivity contribution in [3.63, 3.8) is 0 Å². The number of methoxy groups -OCH3 is 1. The van der Waals surface area contributed by atoms with Crippen LogP contribution >= 0.6 is 11.8 Å². The number of aromatic nitrogens is 7. The topological polar surface area (TPSA) is 113 Å². The number of halogens is 1. The van der Waals surface area contributed by atoms with Gasteiger partial charge in [0.15, 0.2) is 11.0 Å². The number of tetrazole rings is 1. The molecule has 0 unspecified atom stereocenters. The predicted octanol–water partition coefficient (Wildman–Crippen LogP) is 2.43. The summed E-state index contributed by atoms with van der Waals surface area (Å²) in [5, 5.41) is 22.3. The standard InChI is InChI=1S/C19H17FN8O2S/c1-12-23-25-26-28(12)14-5-8-16(20)17(9-14)22-18(29)10-31-19-24-21-11-27(19)13-3-6-15(30-2)7-4-13/h3-9,11H,10H2,1-2H3,(H,22,29). The molecule has 0 bridgehead atoms. The maximum Gasteiger partial charge on any atom is 0.234 e. The molecule has 4 rings (SSSR count). The smallest absolute Gasteiger partial charge is 0.234 e. The van der Waals surface area contributed by atoms with Gasteiger partial charge in [0, 0.05) is 5.69 Å². The predicted molar refractivity (Wildman–Crippen MR) is 111 cm³/mol. The number of anilines is 1. The van der Waals surface area contributed by atoms with Crippen LogP contribution in [0.15, 0.2) is 53.9 Å². The third kappa shape index (κ3) is 4.53. The molecule has 0 spiro atoms. The number of rotatable bonds is 7. The Hall–Kier alpha value is -3.80. The molecule has 31 heavy (non-hydrogen) atoms. The number of nitrogens with one attached hydrogen (secondary N) is 1. The van der Waals surface area contributed by atoms with Gasteiger partial charge in [-0.1, -0.05) is 11.8 Å². The average Bonchev–Trinajstić information content (AvgIpc) is 3.43. The Morgan fingerprint density at radius 2 is 1.94 bits per heavy atom. The highest BCUT2D eigenvalue weighted by Crippen LogP contribution is 2.23. The van der Waals surface area contributed by atoms with Gasteiger partial charge in [-0.05, 0) is 59.8 Å². The summed E-state index contributed by atoms with van der Waals surface area (Å²) in [6.45, 7) is 1.72. The molecule has 2 aromatic heterocycles. The molecule has 158 valence electrons. The fourth-order valence-electron chi connectivity index (χ4n) is 2.77. The summed E-state index contributed by atoms with van der Waals surface area (Å²) in [5.41, 5.74) is 1.39. The van der Waals surface area contributed by atoms with E-state index in [4.69, 9.17) is 4.74 Å². The molecule has 0 aliphatic rings. The quantitative estimate of drug-likeness (QED) is 0.436. The third-order valence-electron chi connectivity index (χ3n) is 4.29. The first-order chi connectivity index (χ1) is 15.0. The van der Waals surface area contributed by atoms with Crippen molar-refractivity contribution in [2.45, 2.75) is 12.1 Å². The Kier molecular flexibility index (Phi) is 5.89. The Bertz CT molecular complexity index is 1210. The number of carbonyl (C=O) groups is 1. The van der Waals surface area contributed by atoms with Gasteiger partial charge in [-0.2, -0.15) is 4.68 Å². The molecule has 0 radical (unpaired) electrons. The van der Waals surface area contributed by atoms with E-state index in [-0.39, 0.29) is 11.4 Å². The molecule has 0 aliphatic heterocycles. The number of amides is 1. The molecule has 0 saturated carbocycles. The maximum absolute atomic E-state index is 14.2. The second-order valence-corrected chi connectivity index (χ2v) is 7.26. The second kappa shape index (κ2) is 8.92. The molecular formula is C19H17FN8O2S. The first-order valence-corrected chi connectivity index (χ1v) is 10.1. The molecule has 4 aromatic rings. The molecule has 2 heterocycles. The molecule has 1 amide bonds. The summed E-state index contributed by atoms with van der Waals surface area (Å²) in [6.07, 6.45) is 1.56. The SMILES string of the molecule is COc1ccc(-n2cnnc2SCC(=O)Nc2cc(-n3nnnc3C)ccc2F)cc1. The van der Waals surface area contributed by atoms with Gasteiger partial charge in [0.2, 0.25) is 5.91 Å². The van der Waals surface area contributed by atoms with Crippen molar-refractivity contribution in [1.82, 2.24) is 35.0 Å². The number of aryl methyl sites for hydroxylation is 1. The van der Waals surface area contributed by atoms with Crippen LogP contribution in [0.2, 0.25) is 0 Å². The third-order valence-corrected chi connectivity index (χ3v) is 5.24. The summed E-state index contributed by atoms with van der Waals surface area (Å²) in [7, 11) is 1.59. The van der Waals surface area contributed by atoms with E-state index in [9.17, 15) is 9.18 Å². The van der Waals surface area contributed by atoms with E-state index in [2.05, 4.69) is 31.0 Å². The van der Waals surface area contributed by atoms with Crippen LogP contribution in [0.3, 0.4) is 0 Å². The van der Waals surface area contributed by atoms with E-state index in [1.165, 1.54) is 34.6 Å². The monoisotopic (exact) mass is 440 g/mol. The lowest BCUT2D eigenvalue weighted by Crippen LogP contribution is -2.16. The summed E-state index contributed by atoms with van der Waals surface area (Å²) in [5.74, 6) is 0.333.